The molecule has 1 saturated carbocycles. The van der Waals surface area contributed by atoms with Crippen molar-refractivity contribution < 1.29 is 0 Å². The highest BCUT2D eigenvalue weighted by Crippen LogP contribution is 2.20. The molecule has 0 aromatic heterocycles. The van der Waals surface area contributed by atoms with Crippen molar-refractivity contribution in [3.05, 3.63) is 0 Å². The molecule has 0 radical (unpaired) electrons. The van der Waals surface area contributed by atoms with Crippen LogP contribution in [0.1, 0.15) is 58.8 Å². The van der Waals surface area contributed by atoms with Crippen molar-refractivity contribution in [3.63, 3.8) is 0 Å². The first-order chi connectivity index (χ1) is 7.22. The van der Waals surface area contributed by atoms with E-state index in [4.69, 9.17) is 5.73 Å². The molecular formula is C12H25N3. The average Bonchev–Trinajstić information content (AvgIpc) is 2.67. The number of nitrogens with zero attached hydrogens (tertiary/aromatic N) is 1. The summed E-state index contributed by atoms with van der Waals surface area (Å²) in [5.74, 6) is 0.644. The fraction of sp³-hybridized carbons (Fsp3) is 0.917. The lowest BCUT2D eigenvalue weighted by Crippen LogP contribution is -2.39. The van der Waals surface area contributed by atoms with E-state index in [-0.39, 0.29) is 0 Å². The molecule has 15 heavy (non-hydrogen) atoms. The highest BCUT2D eigenvalue weighted by Gasteiger charge is 2.14. The molecular weight excluding hydrogens is 186 g/mol. The summed E-state index contributed by atoms with van der Waals surface area (Å²) < 4.78 is 0. The second-order valence-corrected chi connectivity index (χ2v) is 4.64. The minimum absolute atomic E-state index is 0.454. The van der Waals surface area contributed by atoms with E-state index in [9.17, 15) is 0 Å². The molecule has 1 aliphatic rings. The van der Waals surface area contributed by atoms with Crippen LogP contribution in [-0.2, 0) is 0 Å². The van der Waals surface area contributed by atoms with E-state index in [1.54, 1.807) is 0 Å². The Morgan fingerprint density at radius 2 is 2.13 bits per heavy atom. The highest BCUT2D eigenvalue weighted by molar-refractivity contribution is 5.78. The van der Waals surface area contributed by atoms with Crippen LogP contribution in [0.15, 0.2) is 4.99 Å². The van der Waals surface area contributed by atoms with Gasteiger partial charge in [0.05, 0.1) is 6.04 Å². The van der Waals surface area contributed by atoms with E-state index in [1.807, 2.05) is 0 Å². The second kappa shape index (κ2) is 6.70. The van der Waals surface area contributed by atoms with E-state index >= 15 is 0 Å². The fourth-order valence-electron chi connectivity index (χ4n) is 2.10. The maximum absolute atomic E-state index is 5.87. The van der Waals surface area contributed by atoms with Crippen LogP contribution in [0.2, 0.25) is 0 Å². The van der Waals surface area contributed by atoms with Gasteiger partial charge in [0.25, 0.3) is 0 Å². The maximum Gasteiger partial charge on any atom is 0.189 e. The van der Waals surface area contributed by atoms with Crippen molar-refractivity contribution in [2.75, 3.05) is 0 Å². The van der Waals surface area contributed by atoms with Gasteiger partial charge in [-0.3, -0.25) is 4.99 Å². The van der Waals surface area contributed by atoms with Crippen molar-refractivity contribution in [2.45, 2.75) is 70.9 Å². The van der Waals surface area contributed by atoms with E-state index < -0.39 is 0 Å². The van der Waals surface area contributed by atoms with Crippen LogP contribution >= 0.6 is 0 Å². The van der Waals surface area contributed by atoms with E-state index in [0.717, 1.165) is 0 Å². The normalized spacial score (nSPS) is 20.5. The molecule has 88 valence electrons. The van der Waals surface area contributed by atoms with E-state index in [2.05, 4.69) is 24.2 Å². The van der Waals surface area contributed by atoms with Crippen LogP contribution in [0.4, 0.5) is 0 Å². The predicted molar refractivity (Wildman–Crippen MR) is 66.0 cm³/mol. The molecule has 0 saturated heterocycles. The average molecular weight is 211 g/mol. The predicted octanol–water partition coefficient (Wildman–Crippen LogP) is 2.41. The van der Waals surface area contributed by atoms with Crippen LogP contribution in [0.25, 0.3) is 0 Å². The molecule has 3 nitrogen and oxygen atoms in total. The molecule has 1 aliphatic carbocycles. The number of nitrogens with one attached hydrogen (secondary N) is 1. The van der Waals surface area contributed by atoms with Crippen molar-refractivity contribution >= 4 is 5.96 Å². The van der Waals surface area contributed by atoms with E-state index in [0.29, 0.717) is 18.0 Å². The van der Waals surface area contributed by atoms with E-state index in [1.165, 1.54) is 44.9 Å². The molecule has 0 bridgehead atoms. The summed E-state index contributed by atoms with van der Waals surface area (Å²) >= 11 is 0. The summed E-state index contributed by atoms with van der Waals surface area (Å²) in [6.07, 6.45) is 8.73. The standard InChI is InChI=1S/C12H25N3/c1-3-4-7-10(2)14-12(13)15-11-8-5-6-9-11/h10-11H,3-9H2,1-2H3,(H3,13,14,15). The highest BCUT2D eigenvalue weighted by atomic mass is 15.1. The lowest BCUT2D eigenvalue weighted by molar-refractivity contribution is 0.564. The summed E-state index contributed by atoms with van der Waals surface area (Å²) in [7, 11) is 0. The Kier molecular flexibility index (Phi) is 5.51. The van der Waals surface area contributed by atoms with Gasteiger partial charge in [-0.25, -0.2) is 0 Å². The zero-order valence-electron chi connectivity index (χ0n) is 10.1. The first-order valence-electron chi connectivity index (χ1n) is 6.32. The molecule has 1 fully saturated rings. The Labute approximate surface area is 93.5 Å². The minimum Gasteiger partial charge on any atom is -0.370 e. The minimum atomic E-state index is 0.454. The Balaban J connectivity index is 2.23. The molecule has 1 rings (SSSR count). The number of unbranched alkanes of at least 4 members (excludes halogenated alkanes) is 1. The number of hydrogen-bond donors (Lipinski definition) is 2. The molecule has 0 heterocycles. The number of guanidine groups is 1. The smallest absolute Gasteiger partial charge is 0.189 e. The quantitative estimate of drug-likeness (QED) is 0.542. The zero-order chi connectivity index (χ0) is 11.1. The summed E-state index contributed by atoms with van der Waals surface area (Å²) in [4.78, 5) is 4.51. The summed E-state index contributed by atoms with van der Waals surface area (Å²) in [5.41, 5.74) is 5.87. The van der Waals surface area contributed by atoms with Gasteiger partial charge in [-0.15, -0.1) is 0 Å². The Bertz CT molecular complexity index is 195. The summed E-state index contributed by atoms with van der Waals surface area (Å²) in [6, 6.07) is 0.936. The van der Waals surface area contributed by atoms with Gasteiger partial charge in [0, 0.05) is 6.04 Å². The first-order valence-corrected chi connectivity index (χ1v) is 6.32. The van der Waals surface area contributed by atoms with Crippen LogP contribution in [0.5, 0.6) is 0 Å². The topological polar surface area (TPSA) is 50.4 Å². The van der Waals surface area contributed by atoms with Crippen LogP contribution in [0, 0.1) is 0 Å². The SMILES string of the molecule is CCCCC(C)NC(N)=NC1CCCC1. The molecule has 0 amide bonds. The van der Waals surface area contributed by atoms with Gasteiger partial charge in [0.1, 0.15) is 0 Å². The molecule has 1 unspecified atom stereocenters. The Hall–Kier alpha value is -0.730. The van der Waals surface area contributed by atoms with Crippen molar-refractivity contribution in [2.24, 2.45) is 10.7 Å². The third-order valence-corrected chi connectivity index (χ3v) is 3.03. The van der Waals surface area contributed by atoms with Crippen LogP contribution in [0.3, 0.4) is 0 Å². The molecule has 3 heteroatoms. The maximum atomic E-state index is 5.87. The molecule has 3 N–H and O–H groups in total. The number of aliphatic imine (C=N–C) groups is 1. The Morgan fingerprint density at radius 3 is 2.73 bits per heavy atom. The van der Waals surface area contributed by atoms with Gasteiger partial charge >= 0.3 is 0 Å². The van der Waals surface area contributed by atoms with Gasteiger partial charge < -0.3 is 11.1 Å². The lowest BCUT2D eigenvalue weighted by Gasteiger charge is -2.15. The number of hydrogen-bond acceptors (Lipinski definition) is 1. The summed E-state index contributed by atoms with van der Waals surface area (Å²) in [5, 5.41) is 3.27. The fourth-order valence-corrected chi connectivity index (χ4v) is 2.10. The van der Waals surface area contributed by atoms with Crippen molar-refractivity contribution in [1.82, 2.24) is 5.32 Å². The van der Waals surface area contributed by atoms with Crippen LogP contribution < -0.4 is 11.1 Å². The van der Waals surface area contributed by atoms with Gasteiger partial charge in [0.2, 0.25) is 0 Å². The second-order valence-electron chi connectivity index (χ2n) is 4.64. The third kappa shape index (κ3) is 5.05. The molecule has 0 aliphatic heterocycles. The molecule has 0 aromatic rings. The summed E-state index contributed by atoms with van der Waals surface area (Å²) in [6.45, 7) is 4.38. The zero-order valence-corrected chi connectivity index (χ0v) is 10.1. The Morgan fingerprint density at radius 1 is 1.47 bits per heavy atom. The van der Waals surface area contributed by atoms with Gasteiger partial charge in [-0.2, -0.15) is 0 Å². The first kappa shape index (κ1) is 12.3. The molecule has 0 spiro atoms. The van der Waals surface area contributed by atoms with Crippen molar-refractivity contribution in [1.29, 1.82) is 0 Å². The number of rotatable bonds is 5. The monoisotopic (exact) mass is 211 g/mol. The van der Waals surface area contributed by atoms with Crippen LogP contribution in [-0.4, -0.2) is 18.0 Å². The van der Waals surface area contributed by atoms with Gasteiger partial charge in [0.15, 0.2) is 5.96 Å². The molecule has 0 aromatic carbocycles. The van der Waals surface area contributed by atoms with Gasteiger partial charge in [-0.05, 0) is 26.2 Å². The van der Waals surface area contributed by atoms with Gasteiger partial charge in [-0.1, -0.05) is 32.6 Å². The third-order valence-electron chi connectivity index (χ3n) is 3.03. The van der Waals surface area contributed by atoms with Crippen molar-refractivity contribution in [3.8, 4) is 0 Å². The number of nitrogens with two attached hydrogens (primary N) is 1. The molecule has 1 atom stereocenters. The lowest BCUT2D eigenvalue weighted by atomic mass is 10.1. The largest absolute Gasteiger partial charge is 0.370 e.